The van der Waals surface area contributed by atoms with Gasteiger partial charge in [-0.05, 0) is 42.8 Å². The number of para-hydroxylation sites is 1. The lowest BCUT2D eigenvalue weighted by molar-refractivity contribution is 0.0960. The summed E-state index contributed by atoms with van der Waals surface area (Å²) in [6, 6.07) is 23.2. The number of rotatable bonds is 6. The Morgan fingerprint density at radius 3 is 2.75 bits per heavy atom. The van der Waals surface area contributed by atoms with Crippen molar-refractivity contribution in [3.8, 4) is 5.75 Å². The molecule has 0 aliphatic rings. The number of fused-ring (bicyclic) bond motifs is 2. The molecule has 0 radical (unpaired) electrons. The Bertz CT molecular complexity index is 1410. The monoisotopic (exact) mass is 506 g/mol. The normalized spacial score (nSPS) is 11.2. The molecule has 160 valence electrons. The molecule has 1 amide bonds. The molecule has 0 aliphatic heterocycles. The van der Waals surface area contributed by atoms with E-state index in [2.05, 4.69) is 15.9 Å². The first kappa shape index (κ1) is 20.7. The predicted octanol–water partition coefficient (Wildman–Crippen LogP) is 7.05. The third-order valence-electron chi connectivity index (χ3n) is 5.02. The second-order valence-electron chi connectivity index (χ2n) is 7.20. The predicted molar refractivity (Wildman–Crippen MR) is 132 cm³/mol. The molecular formula is C25H19BrN2O3S. The molecule has 3 aromatic carbocycles. The Hall–Kier alpha value is -3.16. The maximum atomic E-state index is 13.7. The lowest BCUT2D eigenvalue weighted by Crippen LogP contribution is -2.30. The van der Waals surface area contributed by atoms with Crippen molar-refractivity contribution in [1.29, 1.82) is 0 Å². The van der Waals surface area contributed by atoms with Gasteiger partial charge in [-0.2, -0.15) is 0 Å². The average molecular weight is 507 g/mol. The number of anilines is 1. The molecule has 0 saturated carbocycles. The van der Waals surface area contributed by atoms with Crippen LogP contribution in [0.5, 0.6) is 5.75 Å². The highest BCUT2D eigenvalue weighted by atomic mass is 79.9. The lowest BCUT2D eigenvalue weighted by Gasteiger charge is -2.18. The maximum Gasteiger partial charge on any atom is 0.296 e. The van der Waals surface area contributed by atoms with Crippen molar-refractivity contribution in [2.75, 3.05) is 11.5 Å². The van der Waals surface area contributed by atoms with E-state index >= 15 is 0 Å². The fourth-order valence-electron chi connectivity index (χ4n) is 3.54. The van der Waals surface area contributed by atoms with Gasteiger partial charge in [0.15, 0.2) is 22.2 Å². The van der Waals surface area contributed by atoms with Crippen LogP contribution in [-0.4, -0.2) is 17.5 Å². The summed E-state index contributed by atoms with van der Waals surface area (Å²) in [6.07, 6.45) is 0. The fraction of sp³-hybridized carbons (Fsp3) is 0.120. The van der Waals surface area contributed by atoms with Gasteiger partial charge < -0.3 is 9.15 Å². The maximum absolute atomic E-state index is 13.7. The summed E-state index contributed by atoms with van der Waals surface area (Å²) in [4.78, 5) is 20.1. The molecule has 0 aliphatic carbocycles. The molecule has 0 bridgehead atoms. The van der Waals surface area contributed by atoms with Crippen LogP contribution in [0.1, 0.15) is 23.0 Å². The van der Waals surface area contributed by atoms with E-state index in [1.165, 1.54) is 11.3 Å². The Balaban J connectivity index is 1.58. The first-order valence-corrected chi connectivity index (χ1v) is 11.8. The van der Waals surface area contributed by atoms with Gasteiger partial charge in [0.05, 0.1) is 23.4 Å². The summed E-state index contributed by atoms with van der Waals surface area (Å²) >= 11 is 4.99. The number of nitrogens with zero attached hydrogens (tertiary/aromatic N) is 2. The highest BCUT2D eigenvalue weighted by Crippen LogP contribution is 2.34. The van der Waals surface area contributed by atoms with E-state index in [1.807, 2.05) is 73.7 Å². The number of furan rings is 1. The van der Waals surface area contributed by atoms with Gasteiger partial charge in [-0.1, -0.05) is 69.7 Å². The Morgan fingerprint density at radius 2 is 1.94 bits per heavy atom. The summed E-state index contributed by atoms with van der Waals surface area (Å²) < 4.78 is 13.6. The van der Waals surface area contributed by atoms with Gasteiger partial charge in [0, 0.05) is 9.86 Å². The molecule has 5 nitrogen and oxygen atoms in total. The molecule has 0 N–H and O–H groups in total. The van der Waals surface area contributed by atoms with Crippen molar-refractivity contribution in [2.24, 2.45) is 0 Å². The number of ether oxygens (including phenoxy) is 1. The molecule has 5 rings (SSSR count). The number of hydrogen-bond donors (Lipinski definition) is 0. The number of carbonyl (C=O) groups excluding carboxylic acids is 1. The number of halogens is 1. The van der Waals surface area contributed by atoms with Crippen LogP contribution < -0.4 is 9.64 Å². The number of thiazole rings is 1. The minimum atomic E-state index is -0.245. The van der Waals surface area contributed by atoms with E-state index < -0.39 is 0 Å². The number of amides is 1. The molecule has 0 saturated heterocycles. The first-order chi connectivity index (χ1) is 15.6. The van der Waals surface area contributed by atoms with E-state index in [0.717, 1.165) is 25.6 Å². The molecule has 0 spiro atoms. The van der Waals surface area contributed by atoms with E-state index in [9.17, 15) is 4.79 Å². The van der Waals surface area contributed by atoms with E-state index in [4.69, 9.17) is 14.1 Å². The summed E-state index contributed by atoms with van der Waals surface area (Å²) in [6.45, 7) is 2.82. The third-order valence-corrected chi connectivity index (χ3v) is 6.55. The van der Waals surface area contributed by atoms with Crippen LogP contribution in [0.4, 0.5) is 5.13 Å². The summed E-state index contributed by atoms with van der Waals surface area (Å²) in [5, 5.41) is 1.45. The van der Waals surface area contributed by atoms with E-state index in [1.54, 1.807) is 11.0 Å². The molecule has 0 atom stereocenters. The van der Waals surface area contributed by atoms with Crippen LogP contribution in [0.15, 0.2) is 81.7 Å². The summed E-state index contributed by atoms with van der Waals surface area (Å²) in [5.74, 6) is 0.637. The quantitative estimate of drug-likeness (QED) is 0.247. The Morgan fingerprint density at radius 1 is 1.09 bits per heavy atom. The molecular weight excluding hydrogens is 488 g/mol. The van der Waals surface area contributed by atoms with E-state index in [0.29, 0.717) is 29.6 Å². The van der Waals surface area contributed by atoms with Crippen LogP contribution in [0.25, 0.3) is 21.2 Å². The van der Waals surface area contributed by atoms with Crippen molar-refractivity contribution in [2.45, 2.75) is 13.5 Å². The van der Waals surface area contributed by atoms with Crippen LogP contribution in [0, 0.1) is 0 Å². The topological polar surface area (TPSA) is 55.6 Å². The summed E-state index contributed by atoms with van der Waals surface area (Å²) in [5.41, 5.74) is 2.43. The van der Waals surface area contributed by atoms with Gasteiger partial charge in [0.25, 0.3) is 5.91 Å². The SMILES string of the molecule is CCOc1cccc2cc(C(=O)N(Cc3ccccc3)c3nc4ccc(Br)cc4s3)oc12. The lowest BCUT2D eigenvalue weighted by atomic mass is 10.2. The van der Waals surface area contributed by atoms with Crippen LogP contribution in [0.2, 0.25) is 0 Å². The largest absolute Gasteiger partial charge is 0.490 e. The van der Waals surface area contributed by atoms with Crippen molar-refractivity contribution in [3.63, 3.8) is 0 Å². The molecule has 0 unspecified atom stereocenters. The zero-order valence-electron chi connectivity index (χ0n) is 17.2. The first-order valence-electron chi connectivity index (χ1n) is 10.2. The number of benzene rings is 3. The number of carbonyl (C=O) groups is 1. The zero-order valence-corrected chi connectivity index (χ0v) is 19.7. The third kappa shape index (κ3) is 4.01. The second-order valence-corrected chi connectivity index (χ2v) is 9.13. The average Bonchev–Trinajstić information content (AvgIpc) is 3.42. The van der Waals surface area contributed by atoms with Crippen molar-refractivity contribution >= 4 is 59.5 Å². The van der Waals surface area contributed by atoms with Gasteiger partial charge in [-0.3, -0.25) is 9.69 Å². The molecule has 32 heavy (non-hydrogen) atoms. The van der Waals surface area contributed by atoms with Crippen molar-refractivity contribution < 1.29 is 13.9 Å². The standard InChI is InChI=1S/C25H19BrN2O3S/c1-2-30-20-10-6-9-17-13-21(31-23(17)20)24(29)28(15-16-7-4-3-5-8-16)25-27-19-12-11-18(26)14-22(19)32-25/h3-14H,2,15H2,1H3. The smallest absolute Gasteiger partial charge is 0.296 e. The van der Waals surface area contributed by atoms with E-state index in [-0.39, 0.29) is 11.7 Å². The minimum absolute atomic E-state index is 0.245. The van der Waals surface area contributed by atoms with Gasteiger partial charge >= 0.3 is 0 Å². The van der Waals surface area contributed by atoms with Gasteiger partial charge in [0.1, 0.15) is 0 Å². The second kappa shape index (κ2) is 8.76. The van der Waals surface area contributed by atoms with Gasteiger partial charge in [-0.15, -0.1) is 0 Å². The van der Waals surface area contributed by atoms with Crippen molar-refractivity contribution in [1.82, 2.24) is 4.98 Å². The molecule has 2 aromatic heterocycles. The molecule has 0 fully saturated rings. The number of hydrogen-bond acceptors (Lipinski definition) is 5. The highest BCUT2D eigenvalue weighted by Gasteiger charge is 2.25. The zero-order chi connectivity index (χ0) is 22.1. The molecule has 5 aromatic rings. The van der Waals surface area contributed by atoms with Crippen LogP contribution in [0.3, 0.4) is 0 Å². The molecule has 7 heteroatoms. The van der Waals surface area contributed by atoms with Crippen LogP contribution >= 0.6 is 27.3 Å². The minimum Gasteiger partial charge on any atom is -0.490 e. The van der Waals surface area contributed by atoms with Crippen molar-refractivity contribution in [3.05, 3.63) is 88.6 Å². The highest BCUT2D eigenvalue weighted by molar-refractivity contribution is 9.10. The van der Waals surface area contributed by atoms with Crippen LogP contribution in [-0.2, 0) is 6.54 Å². The number of aromatic nitrogens is 1. The Labute approximate surface area is 197 Å². The Kier molecular flexibility index (Phi) is 5.68. The summed E-state index contributed by atoms with van der Waals surface area (Å²) in [7, 11) is 0. The fourth-order valence-corrected chi connectivity index (χ4v) is 5.05. The molecule has 2 heterocycles. The van der Waals surface area contributed by atoms with Gasteiger partial charge in [0.2, 0.25) is 0 Å². The van der Waals surface area contributed by atoms with Gasteiger partial charge in [-0.25, -0.2) is 4.98 Å².